The van der Waals surface area contributed by atoms with Gasteiger partial charge in [0.1, 0.15) is 11.5 Å². The van der Waals surface area contributed by atoms with Gasteiger partial charge in [0.15, 0.2) is 11.6 Å². The van der Waals surface area contributed by atoms with Crippen LogP contribution in [-0.4, -0.2) is 52.6 Å². The molecule has 0 unspecified atom stereocenters. The Kier molecular flexibility index (Phi) is 8.46. The van der Waals surface area contributed by atoms with Crippen LogP contribution >= 0.6 is 24.8 Å². The SMILES string of the molecule is Cl.Cl.O=S1(=O)N(CCN2CCCNCC2)c2ccccc2N1c1c(F)cc(F)cc1F. The highest BCUT2D eigenvalue weighted by Gasteiger charge is 2.43. The number of nitrogens with zero attached hydrogens (tertiary/aromatic N) is 3. The first-order valence-electron chi connectivity index (χ1n) is 9.39. The molecule has 0 amide bonds. The van der Waals surface area contributed by atoms with E-state index in [2.05, 4.69) is 10.2 Å². The molecule has 1 N–H and O–H groups in total. The van der Waals surface area contributed by atoms with Crippen molar-refractivity contribution in [1.29, 1.82) is 0 Å². The van der Waals surface area contributed by atoms with Crippen LogP contribution in [0.3, 0.4) is 0 Å². The fourth-order valence-electron chi connectivity index (χ4n) is 3.75. The molecule has 12 heteroatoms. The molecule has 172 valence electrons. The lowest BCUT2D eigenvalue weighted by Gasteiger charge is -2.25. The quantitative estimate of drug-likeness (QED) is 0.701. The Morgan fingerprint density at radius 3 is 2.23 bits per heavy atom. The number of hydrogen-bond donors (Lipinski definition) is 1. The Morgan fingerprint density at radius 2 is 1.55 bits per heavy atom. The molecule has 0 atom stereocenters. The average Bonchev–Trinajstić information content (AvgIpc) is 2.83. The molecule has 0 bridgehead atoms. The summed E-state index contributed by atoms with van der Waals surface area (Å²) in [6, 6.07) is 7.27. The van der Waals surface area contributed by atoms with Crippen molar-refractivity contribution in [3.05, 3.63) is 53.8 Å². The zero-order valence-corrected chi connectivity index (χ0v) is 18.9. The third-order valence-corrected chi connectivity index (χ3v) is 6.89. The van der Waals surface area contributed by atoms with Crippen molar-refractivity contribution >= 4 is 52.1 Å². The summed E-state index contributed by atoms with van der Waals surface area (Å²) in [7, 11) is -4.29. The summed E-state index contributed by atoms with van der Waals surface area (Å²) >= 11 is 0. The van der Waals surface area contributed by atoms with E-state index in [-0.39, 0.29) is 37.0 Å². The Morgan fingerprint density at radius 1 is 0.903 bits per heavy atom. The number of benzene rings is 2. The number of nitrogens with one attached hydrogen (secondary N) is 1. The monoisotopic (exact) mass is 498 g/mol. The van der Waals surface area contributed by atoms with Gasteiger partial charge in [-0.1, -0.05) is 12.1 Å². The maximum Gasteiger partial charge on any atom is 0.331 e. The van der Waals surface area contributed by atoms with Crippen LogP contribution in [0.2, 0.25) is 0 Å². The minimum absolute atomic E-state index is 0. The first-order valence-corrected chi connectivity index (χ1v) is 10.8. The van der Waals surface area contributed by atoms with Gasteiger partial charge in [-0.15, -0.1) is 24.8 Å². The van der Waals surface area contributed by atoms with Crippen LogP contribution in [0.25, 0.3) is 0 Å². The topological polar surface area (TPSA) is 55.9 Å². The summed E-state index contributed by atoms with van der Waals surface area (Å²) < 4.78 is 70.5. The first-order chi connectivity index (χ1) is 13.9. The van der Waals surface area contributed by atoms with Crippen molar-refractivity contribution in [3.8, 4) is 0 Å². The molecule has 2 aromatic carbocycles. The van der Waals surface area contributed by atoms with Crippen LogP contribution in [0.15, 0.2) is 36.4 Å². The van der Waals surface area contributed by atoms with E-state index in [1.165, 1.54) is 6.07 Å². The Labute approximate surface area is 192 Å². The Hall–Kier alpha value is -1.72. The average molecular weight is 499 g/mol. The van der Waals surface area contributed by atoms with Crippen molar-refractivity contribution in [2.45, 2.75) is 6.42 Å². The lowest BCUT2D eigenvalue weighted by atomic mass is 10.2. The lowest BCUT2D eigenvalue weighted by molar-refractivity contribution is 0.301. The lowest BCUT2D eigenvalue weighted by Crippen LogP contribution is -2.41. The van der Waals surface area contributed by atoms with Crippen molar-refractivity contribution in [2.75, 3.05) is 47.9 Å². The van der Waals surface area contributed by atoms with E-state index < -0.39 is 33.3 Å². The minimum atomic E-state index is -4.29. The zero-order chi connectivity index (χ0) is 20.6. The van der Waals surface area contributed by atoms with Gasteiger partial charge in [0.25, 0.3) is 0 Å². The molecule has 2 heterocycles. The van der Waals surface area contributed by atoms with Gasteiger partial charge < -0.3 is 10.2 Å². The zero-order valence-electron chi connectivity index (χ0n) is 16.4. The number of hydrogen-bond acceptors (Lipinski definition) is 4. The summed E-state index contributed by atoms with van der Waals surface area (Å²) in [4.78, 5) is 2.15. The van der Waals surface area contributed by atoms with Gasteiger partial charge in [0, 0.05) is 38.3 Å². The second kappa shape index (κ2) is 10.3. The van der Waals surface area contributed by atoms with Gasteiger partial charge >= 0.3 is 10.2 Å². The van der Waals surface area contributed by atoms with Gasteiger partial charge in [0.05, 0.1) is 11.4 Å². The number of anilines is 3. The minimum Gasteiger partial charge on any atom is -0.315 e. The Bertz CT molecular complexity index is 998. The molecule has 0 aromatic heterocycles. The molecule has 2 aliphatic rings. The third-order valence-electron chi connectivity index (χ3n) is 5.12. The van der Waals surface area contributed by atoms with Crippen LogP contribution in [-0.2, 0) is 10.2 Å². The third kappa shape index (κ3) is 4.88. The van der Waals surface area contributed by atoms with Crippen LogP contribution in [0.1, 0.15) is 6.42 Å². The van der Waals surface area contributed by atoms with E-state index in [1.54, 1.807) is 18.2 Å². The standard InChI is InChI=1S/C19H21F3N4O2S.2ClH/c20-14-12-15(21)19(16(22)13-14)26-18-5-2-1-4-17(18)25(29(26,27)28)11-10-24-8-3-6-23-7-9-24;;/h1-2,4-5,12-13,23H,3,6-11H2;2*1H. The first kappa shape index (κ1) is 25.5. The van der Waals surface area contributed by atoms with Crippen LogP contribution in [0, 0.1) is 17.5 Å². The van der Waals surface area contributed by atoms with Crippen molar-refractivity contribution in [1.82, 2.24) is 10.2 Å². The molecule has 2 aromatic rings. The van der Waals surface area contributed by atoms with Gasteiger partial charge in [0.2, 0.25) is 0 Å². The molecule has 4 rings (SSSR count). The van der Waals surface area contributed by atoms with E-state index >= 15 is 0 Å². The number of para-hydroxylation sites is 2. The number of rotatable bonds is 4. The summed E-state index contributed by atoms with van der Waals surface area (Å²) in [5.41, 5.74) is -0.335. The molecule has 2 aliphatic heterocycles. The van der Waals surface area contributed by atoms with Crippen molar-refractivity contribution in [3.63, 3.8) is 0 Å². The van der Waals surface area contributed by atoms with E-state index in [0.29, 0.717) is 28.7 Å². The molecule has 6 nitrogen and oxygen atoms in total. The highest BCUT2D eigenvalue weighted by atomic mass is 35.5. The molecular formula is C19H23Cl2F3N4O2S. The van der Waals surface area contributed by atoms with Crippen LogP contribution in [0.5, 0.6) is 0 Å². The smallest absolute Gasteiger partial charge is 0.315 e. The normalized spacial score (nSPS) is 18.0. The predicted octanol–water partition coefficient (Wildman–Crippen LogP) is 3.45. The second-order valence-electron chi connectivity index (χ2n) is 7.00. The summed E-state index contributed by atoms with van der Waals surface area (Å²) in [6.07, 6.45) is 0.960. The van der Waals surface area contributed by atoms with Gasteiger partial charge in [-0.25, -0.2) is 21.8 Å². The molecule has 0 aliphatic carbocycles. The summed E-state index contributed by atoms with van der Waals surface area (Å²) in [6.45, 7) is 3.99. The maximum atomic E-state index is 14.4. The van der Waals surface area contributed by atoms with Crippen molar-refractivity contribution < 1.29 is 21.6 Å². The fraction of sp³-hybridized carbons (Fsp3) is 0.368. The molecule has 1 saturated heterocycles. The van der Waals surface area contributed by atoms with E-state index in [0.717, 1.165) is 36.9 Å². The number of fused-ring (bicyclic) bond motifs is 1. The van der Waals surface area contributed by atoms with Gasteiger partial charge in [-0.3, -0.25) is 0 Å². The summed E-state index contributed by atoms with van der Waals surface area (Å²) in [5.74, 6) is -3.66. The molecule has 31 heavy (non-hydrogen) atoms. The van der Waals surface area contributed by atoms with E-state index in [4.69, 9.17) is 0 Å². The maximum absolute atomic E-state index is 14.4. The molecular weight excluding hydrogens is 476 g/mol. The van der Waals surface area contributed by atoms with Crippen molar-refractivity contribution in [2.24, 2.45) is 0 Å². The van der Waals surface area contributed by atoms with Crippen LogP contribution in [0.4, 0.5) is 30.2 Å². The van der Waals surface area contributed by atoms with Gasteiger partial charge in [-0.05, 0) is 31.6 Å². The number of halogens is 5. The molecule has 0 saturated carbocycles. The highest BCUT2D eigenvalue weighted by Crippen LogP contribution is 2.46. The molecule has 0 radical (unpaired) electrons. The predicted molar refractivity (Wildman–Crippen MR) is 120 cm³/mol. The van der Waals surface area contributed by atoms with E-state index in [1.807, 2.05) is 0 Å². The highest BCUT2D eigenvalue weighted by molar-refractivity contribution is 7.95. The van der Waals surface area contributed by atoms with Gasteiger partial charge in [-0.2, -0.15) is 8.42 Å². The largest absolute Gasteiger partial charge is 0.331 e. The molecule has 0 spiro atoms. The molecule has 1 fully saturated rings. The van der Waals surface area contributed by atoms with Crippen LogP contribution < -0.4 is 13.9 Å². The van der Waals surface area contributed by atoms with E-state index in [9.17, 15) is 21.6 Å². The fourth-order valence-corrected chi connectivity index (χ4v) is 5.47. The summed E-state index contributed by atoms with van der Waals surface area (Å²) in [5, 5.41) is 3.29. The Balaban J connectivity index is 0.00000171. The second-order valence-corrected chi connectivity index (χ2v) is 8.70.